The highest BCUT2D eigenvalue weighted by molar-refractivity contribution is 5.22. The molecule has 0 unspecified atom stereocenters. The van der Waals surface area contributed by atoms with Gasteiger partial charge in [0.15, 0.2) is 0 Å². The highest BCUT2D eigenvalue weighted by Gasteiger charge is 1.98. The van der Waals surface area contributed by atoms with Gasteiger partial charge < -0.3 is 5.32 Å². The molecule has 0 spiro atoms. The third-order valence-corrected chi connectivity index (χ3v) is 3.38. The van der Waals surface area contributed by atoms with Crippen molar-refractivity contribution in [2.75, 3.05) is 6.54 Å². The summed E-state index contributed by atoms with van der Waals surface area (Å²) in [5.41, 5.74) is 2.85. The molecule has 0 amide bonds. The van der Waals surface area contributed by atoms with E-state index in [0.29, 0.717) is 0 Å². The van der Waals surface area contributed by atoms with Crippen LogP contribution in [0.5, 0.6) is 0 Å². The number of benzene rings is 1. The normalized spacial score (nSPS) is 11.5. The minimum Gasteiger partial charge on any atom is -0.313 e. The summed E-state index contributed by atoms with van der Waals surface area (Å²) in [5, 5.41) is 3.54. The number of nitrogens with one attached hydrogen (secondary N) is 1. The number of unbranched alkanes of at least 4 members (excludes halogenated alkanes) is 1. The lowest BCUT2D eigenvalue weighted by atomic mass is 10.0. The van der Waals surface area contributed by atoms with E-state index in [-0.39, 0.29) is 0 Å². The molecule has 1 N–H and O–H groups in total. The monoisotopic (exact) mass is 261 g/mol. The summed E-state index contributed by atoms with van der Waals surface area (Å²) in [6.45, 7) is 11.3. The van der Waals surface area contributed by atoms with Gasteiger partial charge in [-0.05, 0) is 42.3 Å². The lowest BCUT2D eigenvalue weighted by Crippen LogP contribution is -2.14. The molecule has 1 heteroatoms. The summed E-state index contributed by atoms with van der Waals surface area (Å²) in [6.07, 6.45) is 5.18. The second-order valence-corrected chi connectivity index (χ2v) is 6.48. The Morgan fingerprint density at radius 2 is 1.47 bits per heavy atom. The van der Waals surface area contributed by atoms with Crippen LogP contribution in [0.25, 0.3) is 0 Å². The van der Waals surface area contributed by atoms with Crippen LogP contribution in [0.3, 0.4) is 0 Å². The molecule has 1 nitrogen and oxygen atoms in total. The van der Waals surface area contributed by atoms with Gasteiger partial charge in [0.1, 0.15) is 0 Å². The molecule has 0 saturated carbocycles. The van der Waals surface area contributed by atoms with E-state index in [4.69, 9.17) is 0 Å². The maximum absolute atomic E-state index is 3.54. The van der Waals surface area contributed by atoms with E-state index in [1.807, 2.05) is 0 Å². The van der Waals surface area contributed by atoms with Crippen LogP contribution in [-0.2, 0) is 13.0 Å². The summed E-state index contributed by atoms with van der Waals surface area (Å²) in [5.74, 6) is 1.58. The van der Waals surface area contributed by atoms with Gasteiger partial charge in [-0.3, -0.25) is 0 Å². The van der Waals surface area contributed by atoms with Gasteiger partial charge in [-0.1, -0.05) is 64.8 Å². The largest absolute Gasteiger partial charge is 0.313 e. The van der Waals surface area contributed by atoms with Crippen molar-refractivity contribution in [3.8, 4) is 0 Å². The predicted octanol–water partition coefficient (Wildman–Crippen LogP) is 4.80. The van der Waals surface area contributed by atoms with E-state index < -0.39 is 0 Å². The molecule has 108 valence electrons. The van der Waals surface area contributed by atoms with Crippen LogP contribution < -0.4 is 5.32 Å². The van der Waals surface area contributed by atoms with Crippen LogP contribution in [0.1, 0.15) is 58.1 Å². The molecule has 1 rings (SSSR count). The molecule has 0 bridgehead atoms. The van der Waals surface area contributed by atoms with Crippen molar-refractivity contribution in [3.63, 3.8) is 0 Å². The molecule has 19 heavy (non-hydrogen) atoms. The maximum Gasteiger partial charge on any atom is 0.0205 e. The average Bonchev–Trinajstić information content (AvgIpc) is 2.34. The zero-order valence-electron chi connectivity index (χ0n) is 13.2. The second-order valence-electron chi connectivity index (χ2n) is 6.48. The first-order valence-corrected chi connectivity index (χ1v) is 7.86. The number of rotatable bonds is 9. The number of hydrogen-bond acceptors (Lipinski definition) is 1. The molecular formula is C18H31N. The third kappa shape index (κ3) is 8.05. The molecule has 0 aliphatic rings. The van der Waals surface area contributed by atoms with E-state index >= 15 is 0 Å². The van der Waals surface area contributed by atoms with E-state index in [1.165, 1.54) is 36.8 Å². The number of hydrogen-bond donors (Lipinski definition) is 1. The molecule has 0 heterocycles. The maximum atomic E-state index is 3.54. The third-order valence-electron chi connectivity index (χ3n) is 3.38. The standard InChI is InChI=1S/C18H31N/c1-15(2)7-5-6-12-19-14-18-10-8-17(9-11-18)13-16(3)4/h8-11,15-16,19H,5-7,12-14H2,1-4H3. The first kappa shape index (κ1) is 16.2. The van der Waals surface area contributed by atoms with Crippen molar-refractivity contribution >= 4 is 0 Å². The molecule has 0 aromatic heterocycles. The van der Waals surface area contributed by atoms with Gasteiger partial charge in [0, 0.05) is 6.54 Å². The molecular weight excluding hydrogens is 230 g/mol. The second kappa shape index (κ2) is 9.14. The van der Waals surface area contributed by atoms with Crippen LogP contribution in [0.15, 0.2) is 24.3 Å². The van der Waals surface area contributed by atoms with Crippen molar-refractivity contribution < 1.29 is 0 Å². The van der Waals surface area contributed by atoms with E-state index in [9.17, 15) is 0 Å². The quantitative estimate of drug-likeness (QED) is 0.630. The van der Waals surface area contributed by atoms with E-state index in [0.717, 1.165) is 24.9 Å². The Bertz CT molecular complexity index is 324. The molecule has 1 aromatic carbocycles. The summed E-state index contributed by atoms with van der Waals surface area (Å²) in [4.78, 5) is 0. The highest BCUT2D eigenvalue weighted by Crippen LogP contribution is 2.10. The fourth-order valence-electron chi connectivity index (χ4n) is 2.30. The molecule has 0 aliphatic carbocycles. The van der Waals surface area contributed by atoms with Crippen LogP contribution in [0.2, 0.25) is 0 Å². The van der Waals surface area contributed by atoms with Crippen LogP contribution in [-0.4, -0.2) is 6.54 Å². The Morgan fingerprint density at radius 3 is 2.05 bits per heavy atom. The molecule has 1 aromatic rings. The van der Waals surface area contributed by atoms with Crippen molar-refractivity contribution in [1.82, 2.24) is 5.32 Å². The van der Waals surface area contributed by atoms with Gasteiger partial charge in [0.25, 0.3) is 0 Å². The SMILES string of the molecule is CC(C)CCCCNCc1ccc(CC(C)C)cc1. The average molecular weight is 261 g/mol. The fourth-order valence-corrected chi connectivity index (χ4v) is 2.30. The zero-order valence-corrected chi connectivity index (χ0v) is 13.2. The Hall–Kier alpha value is -0.820. The molecule has 0 atom stereocenters. The summed E-state index contributed by atoms with van der Waals surface area (Å²) >= 11 is 0. The summed E-state index contributed by atoms with van der Waals surface area (Å²) in [7, 11) is 0. The molecule has 0 saturated heterocycles. The van der Waals surface area contributed by atoms with Gasteiger partial charge in [-0.2, -0.15) is 0 Å². The smallest absolute Gasteiger partial charge is 0.0205 e. The van der Waals surface area contributed by atoms with Gasteiger partial charge in [0.05, 0.1) is 0 Å². The topological polar surface area (TPSA) is 12.0 Å². The van der Waals surface area contributed by atoms with Gasteiger partial charge >= 0.3 is 0 Å². The minimum atomic E-state index is 0.741. The van der Waals surface area contributed by atoms with Crippen LogP contribution in [0.4, 0.5) is 0 Å². The van der Waals surface area contributed by atoms with Gasteiger partial charge in [0.2, 0.25) is 0 Å². The Labute approximate surface area is 119 Å². The lowest BCUT2D eigenvalue weighted by molar-refractivity contribution is 0.520. The fraction of sp³-hybridized carbons (Fsp3) is 0.667. The Balaban J connectivity index is 2.16. The Kier molecular flexibility index (Phi) is 7.81. The summed E-state index contributed by atoms with van der Waals surface area (Å²) < 4.78 is 0. The zero-order chi connectivity index (χ0) is 14.1. The molecule has 0 radical (unpaired) electrons. The van der Waals surface area contributed by atoms with Crippen molar-refractivity contribution in [1.29, 1.82) is 0 Å². The van der Waals surface area contributed by atoms with Gasteiger partial charge in [-0.15, -0.1) is 0 Å². The van der Waals surface area contributed by atoms with Crippen molar-refractivity contribution in [2.45, 2.75) is 59.9 Å². The molecule has 0 fully saturated rings. The predicted molar refractivity (Wildman–Crippen MR) is 85.4 cm³/mol. The first-order valence-electron chi connectivity index (χ1n) is 7.86. The Morgan fingerprint density at radius 1 is 0.842 bits per heavy atom. The van der Waals surface area contributed by atoms with Gasteiger partial charge in [-0.25, -0.2) is 0 Å². The lowest BCUT2D eigenvalue weighted by Gasteiger charge is -2.08. The first-order chi connectivity index (χ1) is 9.08. The summed E-state index contributed by atoms with van der Waals surface area (Å²) in [6, 6.07) is 9.07. The molecule has 0 aliphatic heterocycles. The van der Waals surface area contributed by atoms with Crippen LogP contribution in [0, 0.1) is 11.8 Å². The minimum absolute atomic E-state index is 0.741. The van der Waals surface area contributed by atoms with E-state index in [2.05, 4.69) is 57.3 Å². The van der Waals surface area contributed by atoms with Crippen LogP contribution >= 0.6 is 0 Å². The highest BCUT2D eigenvalue weighted by atomic mass is 14.8. The van der Waals surface area contributed by atoms with Crippen molar-refractivity contribution in [2.24, 2.45) is 11.8 Å². The van der Waals surface area contributed by atoms with E-state index in [1.54, 1.807) is 0 Å². The van der Waals surface area contributed by atoms with Crippen molar-refractivity contribution in [3.05, 3.63) is 35.4 Å².